The maximum atomic E-state index is 14.5. The Bertz CT molecular complexity index is 1520. The summed E-state index contributed by atoms with van der Waals surface area (Å²) in [6.45, 7) is 10.7. The maximum Gasteiger partial charge on any atom is 0.419 e. The minimum Gasteiger partial charge on any atom is -0.497 e. The lowest BCUT2D eigenvalue weighted by molar-refractivity contribution is -0.111. The number of anilines is 1. The lowest BCUT2D eigenvalue weighted by Crippen LogP contribution is -2.33. The van der Waals surface area contributed by atoms with Crippen molar-refractivity contribution in [1.82, 2.24) is 15.2 Å². The van der Waals surface area contributed by atoms with Gasteiger partial charge >= 0.3 is 6.18 Å². The summed E-state index contributed by atoms with van der Waals surface area (Å²) in [4.78, 5) is 23.9. The van der Waals surface area contributed by atoms with Crippen LogP contribution in [0.25, 0.3) is 0 Å². The molecule has 1 amide bonds. The molecule has 1 aromatic carbocycles. The number of aromatic nitrogens is 1. The standard InChI is InChI=1S/C37H48F3N5O3/c1-6-34(46)42-33-24-29(47-4)16-17-31(33)44-36-30(37(38,39)40)21-25(3)14-15-28(41-36)13-10-11-26-22-32(43-35(23-26)48-5)27-12-8-9-19-45(7-2)20-18-27/h6,15-17,21-25,27H,1,7-14,18-20H2,2-5H3,(H,41,44)(H,42,46). The first kappa shape index (κ1) is 36.7. The summed E-state index contributed by atoms with van der Waals surface area (Å²) in [7, 11) is 3.08. The molecule has 4 rings (SSSR count). The van der Waals surface area contributed by atoms with E-state index >= 15 is 0 Å². The predicted octanol–water partition coefficient (Wildman–Crippen LogP) is 8.26. The molecule has 1 saturated heterocycles. The van der Waals surface area contributed by atoms with Crippen molar-refractivity contribution in [1.29, 1.82) is 0 Å². The second kappa shape index (κ2) is 17.3. The van der Waals surface area contributed by atoms with E-state index in [-0.39, 0.29) is 23.1 Å². The fraction of sp³-hybridized carbons (Fsp3) is 0.486. The van der Waals surface area contributed by atoms with Gasteiger partial charge in [-0.1, -0.05) is 39.0 Å². The molecule has 260 valence electrons. The summed E-state index contributed by atoms with van der Waals surface area (Å²) in [6, 6.07) is 8.72. The molecular formula is C37H48F3N5O3. The molecule has 1 fully saturated rings. The number of hydrogen-bond acceptors (Lipinski definition) is 6. The molecule has 0 bridgehead atoms. The van der Waals surface area contributed by atoms with E-state index in [1.807, 2.05) is 12.1 Å². The third-order valence-corrected chi connectivity index (χ3v) is 8.84. The van der Waals surface area contributed by atoms with Gasteiger partial charge in [0, 0.05) is 29.4 Å². The van der Waals surface area contributed by atoms with Crippen LogP contribution in [0, 0.1) is 5.92 Å². The number of amidine groups is 1. The van der Waals surface area contributed by atoms with Gasteiger partial charge in [-0.3, -0.25) is 4.79 Å². The fourth-order valence-electron chi connectivity index (χ4n) is 6.11. The normalized spacial score (nSPS) is 20.3. The van der Waals surface area contributed by atoms with Gasteiger partial charge in [0.05, 0.1) is 31.2 Å². The number of alkyl halides is 3. The average molecular weight is 668 g/mol. The average Bonchev–Trinajstić information content (AvgIpc) is 3.04. The molecule has 2 aliphatic rings. The number of aryl methyl sites for hydroxylation is 1. The first-order chi connectivity index (χ1) is 23.0. The van der Waals surface area contributed by atoms with Gasteiger partial charge in [-0.15, -0.1) is 0 Å². The Morgan fingerprint density at radius 1 is 1.15 bits per heavy atom. The smallest absolute Gasteiger partial charge is 0.419 e. The second-order valence-electron chi connectivity index (χ2n) is 12.4. The van der Waals surface area contributed by atoms with Gasteiger partial charge in [-0.2, -0.15) is 13.2 Å². The van der Waals surface area contributed by atoms with E-state index in [0.29, 0.717) is 48.9 Å². The number of carbonyl (C=O) groups excluding carboxylic acids is 1. The van der Waals surface area contributed by atoms with Gasteiger partial charge in [0.25, 0.3) is 0 Å². The number of nitrogens with one attached hydrogen (secondary N) is 2. The van der Waals surface area contributed by atoms with E-state index in [1.165, 1.54) is 31.7 Å². The summed E-state index contributed by atoms with van der Waals surface area (Å²) in [6.07, 6.45) is 6.40. The second-order valence-corrected chi connectivity index (χ2v) is 12.4. The van der Waals surface area contributed by atoms with E-state index in [2.05, 4.69) is 40.1 Å². The van der Waals surface area contributed by atoms with Crippen LogP contribution < -0.4 is 20.1 Å². The molecule has 0 aliphatic carbocycles. The minimum atomic E-state index is -4.66. The van der Waals surface area contributed by atoms with E-state index in [0.717, 1.165) is 56.2 Å². The summed E-state index contributed by atoms with van der Waals surface area (Å²) in [5.41, 5.74) is 2.28. The van der Waals surface area contributed by atoms with E-state index in [1.54, 1.807) is 20.1 Å². The van der Waals surface area contributed by atoms with Crippen LogP contribution in [0.1, 0.15) is 76.0 Å². The number of halogens is 3. The lowest BCUT2D eigenvalue weighted by atomic mass is 9.91. The molecule has 3 heterocycles. The Morgan fingerprint density at radius 2 is 1.96 bits per heavy atom. The van der Waals surface area contributed by atoms with Crippen molar-refractivity contribution >= 4 is 23.1 Å². The predicted molar refractivity (Wildman–Crippen MR) is 185 cm³/mol. The lowest BCUT2D eigenvalue weighted by Gasteiger charge is -2.27. The number of pyridine rings is 1. The first-order valence-electron chi connectivity index (χ1n) is 16.8. The topological polar surface area (TPSA) is 88.1 Å². The maximum absolute atomic E-state index is 14.5. The van der Waals surface area contributed by atoms with E-state index < -0.39 is 17.7 Å². The third-order valence-electron chi connectivity index (χ3n) is 8.84. The highest BCUT2D eigenvalue weighted by Crippen LogP contribution is 2.35. The zero-order valence-corrected chi connectivity index (χ0v) is 28.5. The van der Waals surface area contributed by atoms with E-state index in [4.69, 9.17) is 14.5 Å². The highest BCUT2D eigenvalue weighted by atomic mass is 19.4. The first-order valence-corrected chi connectivity index (χ1v) is 16.8. The molecule has 2 atom stereocenters. The van der Waals surface area contributed by atoms with Crippen molar-refractivity contribution in [2.75, 3.05) is 39.2 Å². The van der Waals surface area contributed by atoms with Gasteiger partial charge in [0.1, 0.15) is 11.6 Å². The molecule has 11 heteroatoms. The SMILES string of the molecule is C=CC(=O)Nc1cc(OC)ccc1N=C1NC(CCCc2cc(OC)nc(C3CCCCN(CC)CC3)c2)=CCC(C)C=C1C(F)(F)F. The molecule has 48 heavy (non-hydrogen) atoms. The molecule has 0 spiro atoms. The quantitative estimate of drug-likeness (QED) is 0.235. The number of benzene rings is 1. The number of allylic oxidation sites excluding steroid dienone is 3. The van der Waals surface area contributed by atoms with Gasteiger partial charge in [0.2, 0.25) is 11.8 Å². The number of hydrogen-bond donors (Lipinski definition) is 2. The highest BCUT2D eigenvalue weighted by Gasteiger charge is 2.38. The monoisotopic (exact) mass is 667 g/mol. The van der Waals surface area contributed by atoms with Crippen molar-refractivity contribution in [2.24, 2.45) is 10.9 Å². The third kappa shape index (κ3) is 10.4. The fourth-order valence-corrected chi connectivity index (χ4v) is 6.11. The van der Waals surface area contributed by atoms with Crippen LogP contribution in [0.5, 0.6) is 11.6 Å². The van der Waals surface area contributed by atoms with Crippen LogP contribution in [0.2, 0.25) is 0 Å². The van der Waals surface area contributed by atoms with Crippen molar-refractivity contribution in [3.05, 3.63) is 77.7 Å². The number of methoxy groups -OCH3 is 2. The molecule has 2 N–H and O–H groups in total. The molecule has 2 aromatic rings. The largest absolute Gasteiger partial charge is 0.497 e. The molecular weight excluding hydrogens is 619 g/mol. The zero-order chi connectivity index (χ0) is 34.7. The van der Waals surface area contributed by atoms with Gasteiger partial charge < -0.3 is 25.0 Å². The molecule has 0 radical (unpaired) electrons. The van der Waals surface area contributed by atoms with Crippen LogP contribution in [-0.2, 0) is 11.2 Å². The van der Waals surface area contributed by atoms with Crippen LogP contribution in [-0.4, -0.2) is 61.7 Å². The summed E-state index contributed by atoms with van der Waals surface area (Å²) in [5, 5.41) is 5.64. The molecule has 0 saturated carbocycles. The molecule has 1 aromatic heterocycles. The van der Waals surface area contributed by atoms with Gasteiger partial charge in [-0.25, -0.2) is 9.98 Å². The molecule has 2 aliphatic heterocycles. The van der Waals surface area contributed by atoms with Gasteiger partial charge in [0.15, 0.2) is 0 Å². The van der Waals surface area contributed by atoms with Crippen LogP contribution in [0.15, 0.2) is 71.4 Å². The number of carbonyl (C=O) groups is 1. The van der Waals surface area contributed by atoms with Crippen molar-refractivity contribution in [3.63, 3.8) is 0 Å². The van der Waals surface area contributed by atoms with Crippen molar-refractivity contribution < 1.29 is 27.4 Å². The Labute approximate surface area is 282 Å². The number of rotatable bonds is 11. The van der Waals surface area contributed by atoms with Crippen LogP contribution in [0.3, 0.4) is 0 Å². The Morgan fingerprint density at radius 3 is 2.67 bits per heavy atom. The Kier molecular flexibility index (Phi) is 13.3. The van der Waals surface area contributed by atoms with Crippen LogP contribution >= 0.6 is 0 Å². The summed E-state index contributed by atoms with van der Waals surface area (Å²) in [5.74, 6) is 0.122. The zero-order valence-electron chi connectivity index (χ0n) is 28.5. The number of nitrogens with zero attached hydrogens (tertiary/aromatic N) is 3. The van der Waals surface area contributed by atoms with Crippen LogP contribution in [0.4, 0.5) is 24.5 Å². The Balaban J connectivity index is 1.57. The van der Waals surface area contributed by atoms with Crippen molar-refractivity contribution in [2.45, 2.75) is 77.3 Å². The summed E-state index contributed by atoms with van der Waals surface area (Å²) < 4.78 is 54.3. The Hall–Kier alpha value is -4.12. The number of aliphatic imine (C=N–C) groups is 1. The molecule has 8 nitrogen and oxygen atoms in total. The van der Waals surface area contributed by atoms with Gasteiger partial charge in [-0.05, 0) is 100 Å². The number of ether oxygens (including phenoxy) is 2. The van der Waals surface area contributed by atoms with Crippen molar-refractivity contribution in [3.8, 4) is 11.6 Å². The number of amides is 1. The highest BCUT2D eigenvalue weighted by molar-refractivity contribution is 6.05. The molecule has 2 unspecified atom stereocenters. The summed E-state index contributed by atoms with van der Waals surface area (Å²) >= 11 is 0. The minimum absolute atomic E-state index is 0.143. The van der Waals surface area contributed by atoms with E-state index in [9.17, 15) is 18.0 Å². The number of likely N-dealkylation sites (tertiary alicyclic amines) is 1.